The van der Waals surface area contributed by atoms with Gasteiger partial charge in [-0.2, -0.15) is 0 Å². The van der Waals surface area contributed by atoms with Crippen molar-refractivity contribution in [2.24, 2.45) is 0 Å². The molecule has 0 aromatic heterocycles. The van der Waals surface area contributed by atoms with Gasteiger partial charge in [-0.3, -0.25) is 4.79 Å². The summed E-state index contributed by atoms with van der Waals surface area (Å²) in [6.07, 6.45) is 1.21. The summed E-state index contributed by atoms with van der Waals surface area (Å²) in [5.74, 6) is 0.382. The summed E-state index contributed by atoms with van der Waals surface area (Å²) in [4.78, 5) is 11.6. The number of hydrogen-bond donors (Lipinski definition) is 0. The first-order chi connectivity index (χ1) is 10.6. The maximum Gasteiger partial charge on any atom is 0.169 e. The Bertz CT molecular complexity index is 680. The second-order valence-corrected chi connectivity index (χ2v) is 4.86. The zero-order valence-corrected chi connectivity index (χ0v) is 13.0. The van der Waals surface area contributed by atoms with E-state index in [-0.39, 0.29) is 11.5 Å². The lowest BCUT2D eigenvalue weighted by Gasteiger charge is -2.12. The average Bonchev–Trinajstić information content (AvgIpc) is 2.56. The van der Waals surface area contributed by atoms with Crippen LogP contribution in [0.3, 0.4) is 0 Å². The molecule has 2 aromatic rings. The minimum Gasteiger partial charge on any atom is -0.493 e. The van der Waals surface area contributed by atoms with Crippen LogP contribution in [-0.4, -0.2) is 12.9 Å². The van der Waals surface area contributed by atoms with Gasteiger partial charge in [0.2, 0.25) is 0 Å². The summed E-state index contributed by atoms with van der Waals surface area (Å²) >= 11 is 0. The van der Waals surface area contributed by atoms with Gasteiger partial charge in [0.25, 0.3) is 0 Å². The normalized spacial score (nSPS) is 10.4. The Hall–Kier alpha value is -2.36. The van der Waals surface area contributed by atoms with Crippen LogP contribution in [0.1, 0.15) is 36.2 Å². The molecule has 4 heteroatoms. The number of ether oxygens (including phenoxy) is 2. The van der Waals surface area contributed by atoms with Crippen LogP contribution in [0.25, 0.3) is 0 Å². The number of carbonyl (C=O) groups excluding carboxylic acids is 1. The molecule has 3 nitrogen and oxygen atoms in total. The molecule has 2 rings (SSSR count). The Labute approximate surface area is 129 Å². The molecule has 116 valence electrons. The summed E-state index contributed by atoms with van der Waals surface area (Å²) < 4.78 is 25.0. The van der Waals surface area contributed by atoms with Gasteiger partial charge in [0.05, 0.1) is 7.11 Å². The Morgan fingerprint density at radius 1 is 1.05 bits per heavy atom. The highest BCUT2D eigenvalue weighted by Crippen LogP contribution is 2.33. The molecule has 0 amide bonds. The maximum absolute atomic E-state index is 14.1. The molecule has 22 heavy (non-hydrogen) atoms. The summed E-state index contributed by atoms with van der Waals surface area (Å²) in [5, 5.41) is 0. The number of Topliss-reactive ketones (excluding diaryl/α,β-unsaturated/α-hetero) is 1. The third-order valence-electron chi connectivity index (χ3n) is 3.43. The quantitative estimate of drug-likeness (QED) is 0.720. The molecule has 0 unspecified atom stereocenters. The Kier molecular flexibility index (Phi) is 5.15. The molecule has 0 saturated heterocycles. The molecule has 0 aliphatic rings. The van der Waals surface area contributed by atoms with Crippen molar-refractivity contribution in [2.45, 2.75) is 26.7 Å². The predicted octanol–water partition coefficient (Wildman–Crippen LogP) is 4.78. The van der Waals surface area contributed by atoms with E-state index in [0.29, 0.717) is 23.5 Å². The van der Waals surface area contributed by atoms with E-state index in [1.54, 1.807) is 26.2 Å². The number of hydrogen-bond acceptors (Lipinski definition) is 3. The maximum atomic E-state index is 14.1. The van der Waals surface area contributed by atoms with Gasteiger partial charge in [-0.05, 0) is 42.3 Å². The lowest BCUT2D eigenvalue weighted by molar-refractivity contribution is 0.0987. The van der Waals surface area contributed by atoms with Crippen molar-refractivity contribution in [3.8, 4) is 17.2 Å². The van der Waals surface area contributed by atoms with E-state index in [1.807, 2.05) is 19.1 Å². The first kappa shape index (κ1) is 16.0. The number of benzene rings is 2. The first-order valence-corrected chi connectivity index (χ1v) is 7.26. The van der Waals surface area contributed by atoms with Crippen molar-refractivity contribution in [3.05, 3.63) is 53.3 Å². The van der Waals surface area contributed by atoms with Gasteiger partial charge < -0.3 is 9.47 Å². The van der Waals surface area contributed by atoms with Gasteiger partial charge in [-0.15, -0.1) is 0 Å². The summed E-state index contributed by atoms with van der Waals surface area (Å²) in [5.41, 5.74) is 1.45. The second kappa shape index (κ2) is 7.07. The van der Waals surface area contributed by atoms with Crippen molar-refractivity contribution in [1.82, 2.24) is 0 Å². The number of carbonyl (C=O) groups is 1. The van der Waals surface area contributed by atoms with E-state index < -0.39 is 5.82 Å². The third-order valence-corrected chi connectivity index (χ3v) is 3.43. The third kappa shape index (κ3) is 3.45. The van der Waals surface area contributed by atoms with Crippen LogP contribution < -0.4 is 9.47 Å². The fraction of sp³-hybridized carbons (Fsp3) is 0.278. The molecule has 0 radical (unpaired) electrons. The number of ketones is 1. The molecular weight excluding hydrogens is 283 g/mol. The molecule has 0 spiro atoms. The largest absolute Gasteiger partial charge is 0.493 e. The molecule has 0 bridgehead atoms. The van der Waals surface area contributed by atoms with E-state index in [4.69, 9.17) is 9.47 Å². The fourth-order valence-electron chi connectivity index (χ4n) is 2.10. The van der Waals surface area contributed by atoms with E-state index in [2.05, 4.69) is 0 Å². The predicted molar refractivity (Wildman–Crippen MR) is 83.5 cm³/mol. The van der Waals surface area contributed by atoms with Crippen LogP contribution in [-0.2, 0) is 6.42 Å². The molecule has 0 atom stereocenters. The highest BCUT2D eigenvalue weighted by atomic mass is 19.1. The minimum atomic E-state index is -0.569. The molecule has 0 fully saturated rings. The first-order valence-electron chi connectivity index (χ1n) is 7.26. The van der Waals surface area contributed by atoms with Gasteiger partial charge in [0, 0.05) is 12.0 Å². The van der Waals surface area contributed by atoms with Gasteiger partial charge in [0.15, 0.2) is 28.8 Å². The molecule has 2 aromatic carbocycles. The number of rotatable bonds is 6. The minimum absolute atomic E-state index is 0.0650. The SMILES string of the molecule is CCC(=O)c1ccc(Oc2ccc(CC)cc2OC)c(F)c1. The van der Waals surface area contributed by atoms with Gasteiger partial charge in [-0.1, -0.05) is 19.9 Å². The molecule has 0 aliphatic carbocycles. The highest BCUT2D eigenvalue weighted by Gasteiger charge is 2.12. The van der Waals surface area contributed by atoms with Crippen molar-refractivity contribution in [3.63, 3.8) is 0 Å². The molecule has 0 heterocycles. The number of aryl methyl sites for hydroxylation is 1. The van der Waals surface area contributed by atoms with Crippen LogP contribution in [0.4, 0.5) is 4.39 Å². The molecule has 0 saturated carbocycles. The van der Waals surface area contributed by atoms with E-state index >= 15 is 0 Å². The van der Waals surface area contributed by atoms with Crippen molar-refractivity contribution in [2.75, 3.05) is 7.11 Å². The van der Waals surface area contributed by atoms with E-state index in [9.17, 15) is 9.18 Å². The monoisotopic (exact) mass is 302 g/mol. The van der Waals surface area contributed by atoms with Gasteiger partial charge in [0.1, 0.15) is 0 Å². The van der Waals surface area contributed by atoms with Crippen molar-refractivity contribution >= 4 is 5.78 Å². The highest BCUT2D eigenvalue weighted by molar-refractivity contribution is 5.95. The van der Waals surface area contributed by atoms with Crippen LogP contribution >= 0.6 is 0 Å². The van der Waals surface area contributed by atoms with E-state index in [1.165, 1.54) is 12.1 Å². The zero-order chi connectivity index (χ0) is 16.1. The Morgan fingerprint density at radius 2 is 1.77 bits per heavy atom. The van der Waals surface area contributed by atoms with Crippen LogP contribution in [0.5, 0.6) is 17.2 Å². The van der Waals surface area contributed by atoms with Crippen LogP contribution in [0.2, 0.25) is 0 Å². The standard InChI is InChI=1S/C18H19FO3/c1-4-12-6-8-17(18(10-12)21-3)22-16-9-7-13(11-14(16)19)15(20)5-2/h6-11H,4-5H2,1-3H3. The summed E-state index contributed by atoms with van der Waals surface area (Å²) in [6.45, 7) is 3.78. The average molecular weight is 302 g/mol. The Balaban J connectivity index is 2.29. The molecular formula is C18H19FO3. The lowest BCUT2D eigenvalue weighted by Crippen LogP contribution is -1.99. The smallest absolute Gasteiger partial charge is 0.169 e. The lowest BCUT2D eigenvalue weighted by atomic mass is 10.1. The zero-order valence-electron chi connectivity index (χ0n) is 13.0. The van der Waals surface area contributed by atoms with Gasteiger partial charge >= 0.3 is 0 Å². The van der Waals surface area contributed by atoms with Crippen molar-refractivity contribution in [1.29, 1.82) is 0 Å². The van der Waals surface area contributed by atoms with Crippen LogP contribution in [0, 0.1) is 5.82 Å². The summed E-state index contributed by atoms with van der Waals surface area (Å²) in [6, 6.07) is 9.76. The number of halogens is 1. The van der Waals surface area contributed by atoms with Gasteiger partial charge in [-0.25, -0.2) is 4.39 Å². The Morgan fingerprint density at radius 3 is 2.36 bits per heavy atom. The van der Waals surface area contributed by atoms with E-state index in [0.717, 1.165) is 12.0 Å². The molecule has 0 aliphatic heterocycles. The summed E-state index contributed by atoms with van der Waals surface area (Å²) in [7, 11) is 1.54. The fourth-order valence-corrected chi connectivity index (χ4v) is 2.10. The van der Waals surface area contributed by atoms with Crippen LogP contribution in [0.15, 0.2) is 36.4 Å². The molecule has 0 N–H and O–H groups in total. The number of methoxy groups -OCH3 is 1. The topological polar surface area (TPSA) is 35.5 Å². The van der Waals surface area contributed by atoms with Crippen molar-refractivity contribution < 1.29 is 18.7 Å². The second-order valence-electron chi connectivity index (χ2n) is 4.86.